The van der Waals surface area contributed by atoms with Crippen LogP contribution in [0.1, 0.15) is 30.1 Å². The second kappa shape index (κ2) is 6.74. The first-order chi connectivity index (χ1) is 10.4. The van der Waals surface area contributed by atoms with Gasteiger partial charge in [0.2, 0.25) is 0 Å². The number of nitrogens with one attached hydrogen (secondary N) is 1. The van der Waals surface area contributed by atoms with Gasteiger partial charge in [-0.3, -0.25) is 14.9 Å². The summed E-state index contributed by atoms with van der Waals surface area (Å²) in [7, 11) is 0. The first kappa shape index (κ1) is 16.2. The first-order valence-electron chi connectivity index (χ1n) is 6.79. The molecule has 0 heterocycles. The number of nitrogens with zero attached hydrogens (tertiary/aromatic N) is 1. The summed E-state index contributed by atoms with van der Waals surface area (Å²) in [5.74, 6) is -0.677. The Morgan fingerprint density at radius 2 is 2.18 bits per heavy atom. The summed E-state index contributed by atoms with van der Waals surface area (Å²) in [6, 6.07) is 3.48. The molecule has 2 rings (SSSR count). The number of benzene rings is 1. The molecule has 1 amide bonds. The Balaban J connectivity index is 1.88. The van der Waals surface area contributed by atoms with Crippen molar-refractivity contribution >= 4 is 29.2 Å². The molecule has 1 aliphatic carbocycles. The molecule has 8 heteroatoms. The molecule has 0 aromatic heterocycles. The highest BCUT2D eigenvalue weighted by atomic mass is 35.5. The van der Waals surface area contributed by atoms with E-state index in [0.717, 1.165) is 25.0 Å². The molecule has 7 nitrogen and oxygen atoms in total. The maximum atomic E-state index is 11.8. The molecule has 0 saturated heterocycles. The van der Waals surface area contributed by atoms with Crippen molar-refractivity contribution in [3.63, 3.8) is 0 Å². The van der Waals surface area contributed by atoms with Crippen molar-refractivity contribution in [1.29, 1.82) is 0 Å². The lowest BCUT2D eigenvalue weighted by Gasteiger charge is -2.12. The highest BCUT2D eigenvalue weighted by molar-refractivity contribution is 6.33. The molecular formula is C14H15ClN2O5. The summed E-state index contributed by atoms with van der Waals surface area (Å²) in [5, 5.41) is 13.2. The van der Waals surface area contributed by atoms with Crippen molar-refractivity contribution in [3.8, 4) is 0 Å². The molecule has 1 fully saturated rings. The molecule has 0 bridgehead atoms. The number of nitro groups is 1. The Kier molecular flexibility index (Phi) is 4.97. The zero-order chi connectivity index (χ0) is 16.3. The monoisotopic (exact) mass is 326 g/mol. The van der Waals surface area contributed by atoms with E-state index >= 15 is 0 Å². The molecule has 0 radical (unpaired) electrons. The molecule has 0 aliphatic heterocycles. The number of nitro benzene ring substituents is 1. The predicted molar refractivity (Wildman–Crippen MR) is 78.7 cm³/mol. The average Bonchev–Trinajstić information content (AvgIpc) is 3.29. The molecule has 118 valence electrons. The van der Waals surface area contributed by atoms with Gasteiger partial charge in [0.15, 0.2) is 6.61 Å². The first-order valence-corrected chi connectivity index (χ1v) is 7.16. The largest absolute Gasteiger partial charge is 0.452 e. The number of halogens is 1. The molecule has 1 aromatic carbocycles. The highest BCUT2D eigenvalue weighted by Crippen LogP contribution is 2.32. The van der Waals surface area contributed by atoms with Gasteiger partial charge in [-0.2, -0.15) is 0 Å². The number of ether oxygens (including phenoxy) is 1. The fourth-order valence-corrected chi connectivity index (χ4v) is 2.25. The number of esters is 1. The summed E-state index contributed by atoms with van der Waals surface area (Å²) in [4.78, 5) is 33.4. The van der Waals surface area contributed by atoms with E-state index in [1.807, 2.05) is 6.92 Å². The fourth-order valence-electron chi connectivity index (χ4n) is 2.00. The summed E-state index contributed by atoms with van der Waals surface area (Å²) in [6.45, 7) is 1.49. The number of carbonyl (C=O) groups is 2. The third-order valence-corrected chi connectivity index (χ3v) is 3.75. The molecule has 1 atom stereocenters. The van der Waals surface area contributed by atoms with Gasteiger partial charge in [0, 0.05) is 18.2 Å². The number of carbonyl (C=O) groups excluding carboxylic acids is 2. The Hall–Kier alpha value is -2.15. The van der Waals surface area contributed by atoms with Gasteiger partial charge < -0.3 is 10.1 Å². The van der Waals surface area contributed by atoms with E-state index in [2.05, 4.69) is 5.32 Å². The number of hydrogen-bond donors (Lipinski definition) is 1. The van der Waals surface area contributed by atoms with Gasteiger partial charge in [0.25, 0.3) is 11.6 Å². The SMILES string of the molecule is C[C@H](NC(=O)COC(=O)c1ccc([N+](=O)[O-])cc1Cl)C1CC1. The van der Waals surface area contributed by atoms with Crippen molar-refractivity contribution in [2.24, 2.45) is 5.92 Å². The predicted octanol–water partition coefficient (Wildman–Crippen LogP) is 2.32. The Bertz CT molecular complexity index is 615. The van der Waals surface area contributed by atoms with Crippen LogP contribution < -0.4 is 5.32 Å². The van der Waals surface area contributed by atoms with Crippen LogP contribution in [0, 0.1) is 16.0 Å². The lowest BCUT2D eigenvalue weighted by Crippen LogP contribution is -2.37. The smallest absolute Gasteiger partial charge is 0.340 e. The summed E-state index contributed by atoms with van der Waals surface area (Å²) >= 11 is 5.81. The Morgan fingerprint density at radius 3 is 2.73 bits per heavy atom. The maximum Gasteiger partial charge on any atom is 0.340 e. The lowest BCUT2D eigenvalue weighted by atomic mass is 10.2. The van der Waals surface area contributed by atoms with Crippen LogP contribution >= 0.6 is 11.6 Å². The van der Waals surface area contributed by atoms with Crippen molar-refractivity contribution < 1.29 is 19.2 Å². The molecule has 22 heavy (non-hydrogen) atoms. The molecule has 1 aliphatic rings. The Labute approximate surface area is 131 Å². The van der Waals surface area contributed by atoms with Gasteiger partial charge in [-0.25, -0.2) is 4.79 Å². The number of amides is 1. The molecule has 1 aromatic rings. The van der Waals surface area contributed by atoms with Crippen LogP contribution in [0.25, 0.3) is 0 Å². The third-order valence-electron chi connectivity index (χ3n) is 3.44. The van der Waals surface area contributed by atoms with Gasteiger partial charge in [-0.15, -0.1) is 0 Å². The van der Waals surface area contributed by atoms with Gasteiger partial charge in [0.05, 0.1) is 15.5 Å². The average molecular weight is 327 g/mol. The number of non-ortho nitro benzene ring substituents is 1. The van der Waals surface area contributed by atoms with E-state index in [1.54, 1.807) is 0 Å². The minimum Gasteiger partial charge on any atom is -0.452 e. The van der Waals surface area contributed by atoms with Gasteiger partial charge >= 0.3 is 5.97 Å². The Morgan fingerprint density at radius 1 is 1.50 bits per heavy atom. The molecule has 1 N–H and O–H groups in total. The zero-order valence-electron chi connectivity index (χ0n) is 11.9. The molecule has 1 saturated carbocycles. The van der Waals surface area contributed by atoms with Crippen LogP contribution in [-0.4, -0.2) is 29.4 Å². The van der Waals surface area contributed by atoms with E-state index in [1.165, 1.54) is 6.07 Å². The third kappa shape index (κ3) is 4.17. The van der Waals surface area contributed by atoms with Crippen LogP contribution in [0.15, 0.2) is 18.2 Å². The normalized spacial score (nSPS) is 15.0. The van der Waals surface area contributed by atoms with E-state index in [9.17, 15) is 19.7 Å². The minimum absolute atomic E-state index is 0.0182. The van der Waals surface area contributed by atoms with Crippen molar-refractivity contribution in [1.82, 2.24) is 5.32 Å². The summed E-state index contributed by atoms with van der Waals surface area (Å²) in [5.41, 5.74) is -0.243. The van der Waals surface area contributed by atoms with Crippen molar-refractivity contribution in [2.45, 2.75) is 25.8 Å². The van der Waals surface area contributed by atoms with Crippen LogP contribution in [0.5, 0.6) is 0 Å². The van der Waals surface area contributed by atoms with E-state index in [0.29, 0.717) is 5.92 Å². The highest BCUT2D eigenvalue weighted by Gasteiger charge is 2.29. The second-order valence-electron chi connectivity index (χ2n) is 5.19. The van der Waals surface area contributed by atoms with Gasteiger partial charge in [0.1, 0.15) is 0 Å². The number of rotatable bonds is 6. The second-order valence-corrected chi connectivity index (χ2v) is 5.60. The zero-order valence-corrected chi connectivity index (χ0v) is 12.6. The van der Waals surface area contributed by atoms with Gasteiger partial charge in [-0.05, 0) is 31.7 Å². The molecular weight excluding hydrogens is 312 g/mol. The van der Waals surface area contributed by atoms with Crippen LogP contribution in [0.3, 0.4) is 0 Å². The molecule has 0 spiro atoms. The topological polar surface area (TPSA) is 98.5 Å². The van der Waals surface area contributed by atoms with Crippen LogP contribution in [0.2, 0.25) is 5.02 Å². The minimum atomic E-state index is -0.797. The van der Waals surface area contributed by atoms with E-state index < -0.39 is 17.5 Å². The van der Waals surface area contributed by atoms with Gasteiger partial charge in [-0.1, -0.05) is 11.6 Å². The standard InChI is InChI=1S/C14H15ClN2O5/c1-8(9-2-3-9)16-13(18)7-22-14(19)11-5-4-10(17(20)21)6-12(11)15/h4-6,8-9H,2-3,7H2,1H3,(H,16,18)/t8-/m0/s1. The van der Waals surface area contributed by atoms with Crippen LogP contribution in [-0.2, 0) is 9.53 Å². The van der Waals surface area contributed by atoms with Crippen molar-refractivity contribution in [3.05, 3.63) is 38.9 Å². The van der Waals surface area contributed by atoms with Crippen molar-refractivity contribution in [2.75, 3.05) is 6.61 Å². The van der Waals surface area contributed by atoms with E-state index in [4.69, 9.17) is 16.3 Å². The lowest BCUT2D eigenvalue weighted by molar-refractivity contribution is -0.384. The van der Waals surface area contributed by atoms with E-state index in [-0.39, 0.29) is 28.2 Å². The number of hydrogen-bond acceptors (Lipinski definition) is 5. The molecule has 0 unspecified atom stereocenters. The fraction of sp³-hybridized carbons (Fsp3) is 0.429. The van der Waals surface area contributed by atoms with Crippen LogP contribution in [0.4, 0.5) is 5.69 Å². The summed E-state index contributed by atoms with van der Waals surface area (Å²) in [6.07, 6.45) is 2.19. The summed E-state index contributed by atoms with van der Waals surface area (Å²) < 4.78 is 4.87. The quantitative estimate of drug-likeness (QED) is 0.491. The maximum absolute atomic E-state index is 11.8.